The number of sulfonamides is 1. The van der Waals surface area contributed by atoms with Crippen LogP contribution in [0.3, 0.4) is 0 Å². The van der Waals surface area contributed by atoms with Gasteiger partial charge >= 0.3 is 6.18 Å². The Morgan fingerprint density at radius 1 is 0.953 bits per heavy atom. The van der Waals surface area contributed by atoms with Crippen LogP contribution >= 0.6 is 23.2 Å². The zero-order valence-electron chi connectivity index (χ0n) is 23.6. The minimum Gasteiger partial charge on any atom is -0.354 e. The number of hydrogen-bond acceptors (Lipinski definition) is 4. The Morgan fingerprint density at radius 2 is 1.63 bits per heavy atom. The summed E-state index contributed by atoms with van der Waals surface area (Å²) in [5, 5.41) is 2.93. The van der Waals surface area contributed by atoms with Crippen LogP contribution in [0.25, 0.3) is 0 Å². The molecule has 3 aromatic rings. The number of nitrogens with zero attached hydrogens (tertiary/aromatic N) is 2. The highest BCUT2D eigenvalue weighted by atomic mass is 35.5. The maximum absolute atomic E-state index is 14.1. The van der Waals surface area contributed by atoms with Crippen LogP contribution in [0.1, 0.15) is 36.5 Å². The molecule has 232 valence electrons. The summed E-state index contributed by atoms with van der Waals surface area (Å²) in [6, 6.07) is 16.7. The summed E-state index contributed by atoms with van der Waals surface area (Å²) in [5.41, 5.74) is -0.353. The van der Waals surface area contributed by atoms with Crippen LogP contribution in [0.15, 0.2) is 72.8 Å². The molecule has 1 atom stereocenters. The number of amides is 2. The fourth-order valence-corrected chi connectivity index (χ4v) is 5.70. The molecule has 0 radical (unpaired) electrons. The van der Waals surface area contributed by atoms with Crippen molar-refractivity contribution in [1.82, 2.24) is 10.2 Å². The number of alkyl halides is 3. The van der Waals surface area contributed by atoms with Crippen LogP contribution in [0.2, 0.25) is 10.0 Å². The van der Waals surface area contributed by atoms with Gasteiger partial charge in [0.1, 0.15) is 12.6 Å². The van der Waals surface area contributed by atoms with Gasteiger partial charge in [-0.3, -0.25) is 13.9 Å². The zero-order chi connectivity index (χ0) is 31.8. The number of anilines is 1. The van der Waals surface area contributed by atoms with Crippen LogP contribution in [0, 0.1) is 0 Å². The molecule has 0 unspecified atom stereocenters. The maximum atomic E-state index is 14.1. The van der Waals surface area contributed by atoms with Crippen LogP contribution in [-0.4, -0.2) is 50.5 Å². The summed E-state index contributed by atoms with van der Waals surface area (Å²) in [4.78, 5) is 28.9. The highest BCUT2D eigenvalue weighted by Crippen LogP contribution is 2.36. The molecule has 0 spiro atoms. The van der Waals surface area contributed by atoms with E-state index in [2.05, 4.69) is 5.32 Å². The molecule has 7 nitrogen and oxygen atoms in total. The topological polar surface area (TPSA) is 86.8 Å². The monoisotopic (exact) mass is 657 g/mol. The average molecular weight is 659 g/mol. The van der Waals surface area contributed by atoms with E-state index < -0.39 is 51.9 Å². The fourth-order valence-electron chi connectivity index (χ4n) is 4.37. The minimum atomic E-state index is -4.79. The molecular formula is C30H32Cl2F3N3O4S. The first-order valence-corrected chi connectivity index (χ1v) is 16.0. The lowest BCUT2D eigenvalue weighted by Crippen LogP contribution is -2.53. The van der Waals surface area contributed by atoms with Crippen molar-refractivity contribution in [2.75, 3.05) is 23.7 Å². The van der Waals surface area contributed by atoms with Crippen molar-refractivity contribution in [2.45, 2.75) is 44.9 Å². The predicted molar refractivity (Wildman–Crippen MR) is 162 cm³/mol. The third-order valence-electron chi connectivity index (χ3n) is 6.56. The molecule has 0 bridgehead atoms. The summed E-state index contributed by atoms with van der Waals surface area (Å²) in [6.07, 6.45) is -2.42. The molecule has 3 aromatic carbocycles. The lowest BCUT2D eigenvalue weighted by Gasteiger charge is -2.33. The molecule has 0 aromatic heterocycles. The van der Waals surface area contributed by atoms with Crippen molar-refractivity contribution in [3.05, 3.63) is 99.5 Å². The van der Waals surface area contributed by atoms with Gasteiger partial charge in [0.25, 0.3) is 0 Å². The summed E-state index contributed by atoms with van der Waals surface area (Å²) >= 11 is 12.4. The van der Waals surface area contributed by atoms with Crippen molar-refractivity contribution >= 4 is 50.7 Å². The molecule has 0 fully saturated rings. The van der Waals surface area contributed by atoms with E-state index in [0.29, 0.717) is 33.9 Å². The zero-order valence-corrected chi connectivity index (χ0v) is 25.9. The van der Waals surface area contributed by atoms with Crippen molar-refractivity contribution in [3.63, 3.8) is 0 Å². The largest absolute Gasteiger partial charge is 0.416 e. The van der Waals surface area contributed by atoms with Gasteiger partial charge in [-0.25, -0.2) is 8.42 Å². The first-order chi connectivity index (χ1) is 20.2. The van der Waals surface area contributed by atoms with E-state index in [1.165, 1.54) is 4.90 Å². The molecule has 0 aliphatic rings. The number of rotatable bonds is 13. The van der Waals surface area contributed by atoms with Crippen LogP contribution in [0.4, 0.5) is 18.9 Å². The van der Waals surface area contributed by atoms with E-state index in [1.807, 2.05) is 6.92 Å². The Balaban J connectivity index is 2.10. The molecule has 43 heavy (non-hydrogen) atoms. The summed E-state index contributed by atoms with van der Waals surface area (Å²) in [5.74, 6) is -1.29. The van der Waals surface area contributed by atoms with Gasteiger partial charge < -0.3 is 10.2 Å². The normalized spacial score (nSPS) is 12.4. The Kier molecular flexibility index (Phi) is 11.9. The van der Waals surface area contributed by atoms with Gasteiger partial charge in [-0.15, -0.1) is 0 Å². The molecule has 2 amide bonds. The third-order valence-corrected chi connectivity index (χ3v) is 8.25. The van der Waals surface area contributed by atoms with Crippen LogP contribution in [-0.2, 0) is 38.8 Å². The minimum absolute atomic E-state index is 0.0916. The van der Waals surface area contributed by atoms with Gasteiger partial charge in [-0.2, -0.15) is 13.2 Å². The van der Waals surface area contributed by atoms with Gasteiger partial charge in [-0.1, -0.05) is 79.0 Å². The number of carbonyl (C=O) groups is 2. The van der Waals surface area contributed by atoms with E-state index in [-0.39, 0.29) is 18.0 Å². The number of nitrogens with one attached hydrogen (secondary N) is 1. The number of benzene rings is 3. The molecule has 0 saturated heterocycles. The standard InChI is InChI=1S/C30H32Cl2F3N3O4S/c1-3-4-15-36-29(40)27(17-21-9-6-5-7-10-21)37(19-22-11-8-12-24(31)16-22)28(39)20-38(43(2,41)42)26-18-23(30(33,34)35)13-14-25(26)32/h5-14,16,18,27H,3-4,15,17,19-20H2,1-2H3,(H,36,40)/t27-/m0/s1. The van der Waals surface area contributed by atoms with Crippen molar-refractivity contribution in [1.29, 1.82) is 0 Å². The molecule has 0 saturated carbocycles. The molecule has 3 rings (SSSR count). The first kappa shape index (κ1) is 34.2. The molecule has 1 N–H and O–H groups in total. The SMILES string of the molecule is CCCCNC(=O)[C@H](Cc1ccccc1)N(Cc1cccc(Cl)c1)C(=O)CN(c1cc(C(F)(F)F)ccc1Cl)S(C)(=O)=O. The van der Waals surface area contributed by atoms with Gasteiger partial charge in [0.15, 0.2) is 0 Å². The van der Waals surface area contributed by atoms with Gasteiger partial charge in [-0.05, 0) is 47.9 Å². The first-order valence-electron chi connectivity index (χ1n) is 13.4. The Labute approximate surface area is 259 Å². The van der Waals surface area contributed by atoms with E-state index in [9.17, 15) is 31.2 Å². The third kappa shape index (κ3) is 9.87. The molecule has 0 heterocycles. The van der Waals surface area contributed by atoms with Gasteiger partial charge in [0.05, 0.1) is 22.5 Å². The molecule has 0 aliphatic heterocycles. The molecular weight excluding hydrogens is 626 g/mol. The van der Waals surface area contributed by atoms with E-state index >= 15 is 0 Å². The number of halogens is 5. The molecule has 0 aliphatic carbocycles. The Bertz CT molecular complexity index is 1520. The second-order valence-corrected chi connectivity index (χ2v) is 12.7. The molecule has 13 heteroatoms. The second kappa shape index (κ2) is 14.9. The fraction of sp³-hybridized carbons (Fsp3) is 0.333. The van der Waals surface area contributed by atoms with E-state index in [4.69, 9.17) is 23.2 Å². The van der Waals surface area contributed by atoms with Crippen LogP contribution in [0.5, 0.6) is 0 Å². The smallest absolute Gasteiger partial charge is 0.354 e. The highest BCUT2D eigenvalue weighted by Gasteiger charge is 2.35. The highest BCUT2D eigenvalue weighted by molar-refractivity contribution is 7.92. The maximum Gasteiger partial charge on any atom is 0.416 e. The lowest BCUT2D eigenvalue weighted by molar-refractivity contribution is -0.140. The van der Waals surface area contributed by atoms with Crippen molar-refractivity contribution in [3.8, 4) is 0 Å². The summed E-state index contributed by atoms with van der Waals surface area (Å²) < 4.78 is 66.8. The quantitative estimate of drug-likeness (QED) is 0.218. The Hall–Kier alpha value is -3.28. The van der Waals surface area contributed by atoms with E-state index in [1.54, 1.807) is 54.6 Å². The number of hydrogen-bond donors (Lipinski definition) is 1. The van der Waals surface area contributed by atoms with Gasteiger partial charge in [0.2, 0.25) is 21.8 Å². The number of carbonyl (C=O) groups excluding carboxylic acids is 2. The van der Waals surface area contributed by atoms with E-state index in [0.717, 1.165) is 30.4 Å². The predicted octanol–water partition coefficient (Wildman–Crippen LogP) is 6.33. The second-order valence-electron chi connectivity index (χ2n) is 9.94. The van der Waals surface area contributed by atoms with Gasteiger partial charge in [0, 0.05) is 24.5 Å². The number of unbranched alkanes of at least 4 members (excludes halogenated alkanes) is 1. The van der Waals surface area contributed by atoms with Crippen molar-refractivity contribution < 1.29 is 31.2 Å². The van der Waals surface area contributed by atoms with Crippen LogP contribution < -0.4 is 9.62 Å². The summed E-state index contributed by atoms with van der Waals surface area (Å²) in [6.45, 7) is 1.27. The lowest BCUT2D eigenvalue weighted by atomic mass is 10.0. The average Bonchev–Trinajstić information content (AvgIpc) is 2.93. The summed E-state index contributed by atoms with van der Waals surface area (Å²) in [7, 11) is -4.32. The van der Waals surface area contributed by atoms with Crippen molar-refractivity contribution in [2.24, 2.45) is 0 Å². The Morgan fingerprint density at radius 3 is 2.23 bits per heavy atom.